The average molecular weight is 418 g/mol. The summed E-state index contributed by atoms with van der Waals surface area (Å²) in [7, 11) is 0. The van der Waals surface area contributed by atoms with Gasteiger partial charge >= 0.3 is 5.97 Å². The summed E-state index contributed by atoms with van der Waals surface area (Å²) < 4.78 is 38.6. The largest absolute Gasteiger partial charge is 0.478 e. The van der Waals surface area contributed by atoms with Gasteiger partial charge in [0.25, 0.3) is 5.91 Å². The van der Waals surface area contributed by atoms with Crippen molar-refractivity contribution in [3.8, 4) is 5.75 Å². The standard InChI is InChI=1S/C20H16F2N2O4S/c1-2-27-17(25)9-14-20(26)24(12-5-3-4-6-13(12)28-14)10-16-23-19-15(29-16)8-7-11(21)18(19)22/h3-8,14H,2,9-10H2,1H3. The number of aromatic nitrogens is 1. The highest BCUT2D eigenvalue weighted by Crippen LogP contribution is 2.36. The van der Waals surface area contributed by atoms with Gasteiger partial charge in [0, 0.05) is 0 Å². The molecule has 1 unspecified atom stereocenters. The number of carbonyl (C=O) groups is 2. The van der Waals surface area contributed by atoms with Gasteiger partial charge in [0.2, 0.25) is 0 Å². The van der Waals surface area contributed by atoms with Crippen LogP contribution < -0.4 is 9.64 Å². The molecular formula is C20H16F2N2O4S. The number of anilines is 1. The fraction of sp³-hybridized carbons (Fsp3) is 0.250. The van der Waals surface area contributed by atoms with Gasteiger partial charge in [-0.25, -0.2) is 13.8 Å². The number of thiazole rings is 1. The molecule has 0 bridgehead atoms. The van der Waals surface area contributed by atoms with Crippen molar-refractivity contribution in [3.63, 3.8) is 0 Å². The summed E-state index contributed by atoms with van der Waals surface area (Å²) >= 11 is 1.17. The summed E-state index contributed by atoms with van der Waals surface area (Å²) in [6.45, 7) is 1.92. The molecule has 0 aliphatic carbocycles. The number of rotatable bonds is 5. The summed E-state index contributed by atoms with van der Waals surface area (Å²) in [5, 5.41) is 0.435. The molecule has 6 nitrogen and oxygen atoms in total. The van der Waals surface area contributed by atoms with Crippen LogP contribution in [0, 0.1) is 11.6 Å². The van der Waals surface area contributed by atoms with Crippen molar-refractivity contribution in [2.75, 3.05) is 11.5 Å². The lowest BCUT2D eigenvalue weighted by atomic mass is 10.1. The number of para-hydroxylation sites is 2. The number of ether oxygens (including phenoxy) is 2. The number of esters is 1. The molecule has 2 aromatic carbocycles. The lowest BCUT2D eigenvalue weighted by molar-refractivity contribution is -0.147. The number of hydrogen-bond acceptors (Lipinski definition) is 6. The first-order chi connectivity index (χ1) is 14.0. The van der Waals surface area contributed by atoms with Crippen LogP contribution in [0.5, 0.6) is 5.75 Å². The minimum absolute atomic E-state index is 0.0406. The Morgan fingerprint density at radius 2 is 2.07 bits per heavy atom. The van der Waals surface area contributed by atoms with Gasteiger partial charge in [-0.2, -0.15) is 0 Å². The van der Waals surface area contributed by atoms with Crippen molar-refractivity contribution >= 4 is 39.1 Å². The second-order valence-corrected chi connectivity index (χ2v) is 7.44. The van der Waals surface area contributed by atoms with Crippen LogP contribution in [0.25, 0.3) is 10.2 Å². The van der Waals surface area contributed by atoms with E-state index in [0.29, 0.717) is 21.1 Å². The normalized spacial score (nSPS) is 15.9. The predicted octanol–water partition coefficient (Wildman–Crippen LogP) is 3.82. The number of carbonyl (C=O) groups excluding carboxylic acids is 2. The molecule has 29 heavy (non-hydrogen) atoms. The van der Waals surface area contributed by atoms with Crippen LogP contribution in [-0.2, 0) is 20.9 Å². The van der Waals surface area contributed by atoms with Gasteiger partial charge in [-0.1, -0.05) is 12.1 Å². The molecule has 0 radical (unpaired) electrons. The van der Waals surface area contributed by atoms with Gasteiger partial charge in [-0.15, -0.1) is 11.3 Å². The van der Waals surface area contributed by atoms with Crippen LogP contribution in [0.4, 0.5) is 14.5 Å². The summed E-state index contributed by atoms with van der Waals surface area (Å²) in [5.41, 5.74) is 0.450. The fourth-order valence-electron chi connectivity index (χ4n) is 3.13. The first kappa shape index (κ1) is 19.3. The van der Waals surface area contributed by atoms with Crippen LogP contribution in [0.1, 0.15) is 18.4 Å². The molecule has 1 aliphatic heterocycles. The van der Waals surface area contributed by atoms with Gasteiger partial charge in [0.05, 0.1) is 30.0 Å². The minimum Gasteiger partial charge on any atom is -0.478 e. The topological polar surface area (TPSA) is 68.7 Å². The zero-order valence-corrected chi connectivity index (χ0v) is 16.2. The maximum Gasteiger partial charge on any atom is 0.310 e. The Balaban J connectivity index is 1.67. The fourth-order valence-corrected chi connectivity index (χ4v) is 4.08. The smallest absolute Gasteiger partial charge is 0.310 e. The third-order valence-electron chi connectivity index (χ3n) is 4.41. The van der Waals surface area contributed by atoms with E-state index in [1.807, 2.05) is 0 Å². The first-order valence-corrected chi connectivity index (χ1v) is 9.75. The van der Waals surface area contributed by atoms with Crippen LogP contribution in [0.2, 0.25) is 0 Å². The Morgan fingerprint density at radius 3 is 2.86 bits per heavy atom. The van der Waals surface area contributed by atoms with Crippen LogP contribution in [0.3, 0.4) is 0 Å². The Morgan fingerprint density at radius 1 is 1.28 bits per heavy atom. The van der Waals surface area contributed by atoms with Gasteiger partial charge in [0.1, 0.15) is 16.3 Å². The van der Waals surface area contributed by atoms with E-state index in [-0.39, 0.29) is 25.1 Å². The van der Waals surface area contributed by atoms with E-state index < -0.39 is 29.6 Å². The van der Waals surface area contributed by atoms with Crippen molar-refractivity contribution in [1.29, 1.82) is 0 Å². The molecule has 1 aromatic heterocycles. The molecule has 0 saturated carbocycles. The average Bonchev–Trinajstić information content (AvgIpc) is 3.12. The molecule has 0 spiro atoms. The molecular weight excluding hydrogens is 402 g/mol. The van der Waals surface area contributed by atoms with Crippen LogP contribution in [-0.4, -0.2) is 29.6 Å². The molecule has 3 aromatic rings. The Labute approximate surface area is 168 Å². The maximum atomic E-state index is 14.0. The third-order valence-corrected chi connectivity index (χ3v) is 5.42. The monoisotopic (exact) mass is 418 g/mol. The Hall–Kier alpha value is -3.07. The predicted molar refractivity (Wildman–Crippen MR) is 103 cm³/mol. The number of fused-ring (bicyclic) bond motifs is 2. The number of hydrogen-bond donors (Lipinski definition) is 0. The van der Waals surface area contributed by atoms with Crippen molar-refractivity contribution in [2.45, 2.75) is 26.0 Å². The first-order valence-electron chi connectivity index (χ1n) is 8.94. The highest BCUT2D eigenvalue weighted by Gasteiger charge is 2.36. The molecule has 150 valence electrons. The Kier molecular flexibility index (Phi) is 5.14. The summed E-state index contributed by atoms with van der Waals surface area (Å²) in [6.07, 6.45) is -1.26. The van der Waals surface area contributed by atoms with Crippen molar-refractivity contribution in [2.24, 2.45) is 0 Å². The van der Waals surface area contributed by atoms with Crippen molar-refractivity contribution in [1.82, 2.24) is 4.98 Å². The van der Waals surface area contributed by atoms with E-state index in [1.165, 1.54) is 22.3 Å². The lowest BCUT2D eigenvalue weighted by Crippen LogP contribution is -2.46. The highest BCUT2D eigenvalue weighted by molar-refractivity contribution is 7.18. The number of nitrogens with zero attached hydrogens (tertiary/aromatic N) is 2. The second kappa shape index (κ2) is 7.75. The summed E-state index contributed by atoms with van der Waals surface area (Å²) in [5.74, 6) is -2.51. The van der Waals surface area contributed by atoms with Gasteiger partial charge in [-0.05, 0) is 31.2 Å². The van der Waals surface area contributed by atoms with E-state index in [2.05, 4.69) is 4.98 Å². The molecule has 4 rings (SSSR count). The molecule has 2 heterocycles. The second-order valence-electron chi connectivity index (χ2n) is 6.32. The van der Waals surface area contributed by atoms with E-state index in [9.17, 15) is 18.4 Å². The summed E-state index contributed by atoms with van der Waals surface area (Å²) in [4.78, 5) is 30.5. The van der Waals surface area contributed by atoms with Crippen LogP contribution in [0.15, 0.2) is 36.4 Å². The van der Waals surface area contributed by atoms with Crippen molar-refractivity contribution < 1.29 is 27.8 Å². The maximum absolute atomic E-state index is 14.0. The van der Waals surface area contributed by atoms with E-state index >= 15 is 0 Å². The SMILES string of the molecule is CCOC(=O)CC1Oc2ccccc2N(Cc2nc3c(F)c(F)ccc3s2)C1=O. The van der Waals surface area contributed by atoms with E-state index in [1.54, 1.807) is 31.2 Å². The number of benzene rings is 2. The minimum atomic E-state index is -1.03. The zero-order valence-electron chi connectivity index (χ0n) is 15.4. The van der Waals surface area contributed by atoms with E-state index in [0.717, 1.165) is 6.07 Å². The molecule has 1 atom stereocenters. The quantitative estimate of drug-likeness (QED) is 0.589. The lowest BCUT2D eigenvalue weighted by Gasteiger charge is -2.33. The summed E-state index contributed by atoms with van der Waals surface area (Å²) in [6, 6.07) is 9.41. The van der Waals surface area contributed by atoms with Gasteiger partial charge in [0.15, 0.2) is 17.7 Å². The number of halogens is 2. The van der Waals surface area contributed by atoms with Crippen molar-refractivity contribution in [3.05, 3.63) is 53.0 Å². The molecule has 1 amide bonds. The highest BCUT2D eigenvalue weighted by atomic mass is 32.1. The molecule has 9 heteroatoms. The molecule has 0 saturated heterocycles. The molecule has 1 aliphatic rings. The van der Waals surface area contributed by atoms with E-state index in [4.69, 9.17) is 9.47 Å². The molecule has 0 fully saturated rings. The van der Waals surface area contributed by atoms with Gasteiger partial charge < -0.3 is 9.47 Å². The Bertz CT molecular complexity index is 1100. The van der Waals surface area contributed by atoms with Gasteiger partial charge in [-0.3, -0.25) is 14.5 Å². The molecule has 0 N–H and O–H groups in total. The number of amides is 1. The third kappa shape index (κ3) is 3.65. The zero-order chi connectivity index (χ0) is 20.5. The van der Waals surface area contributed by atoms with Crippen LogP contribution >= 0.6 is 11.3 Å².